The van der Waals surface area contributed by atoms with Gasteiger partial charge in [0.1, 0.15) is 0 Å². The predicted molar refractivity (Wildman–Crippen MR) is 82.7 cm³/mol. The minimum Gasteiger partial charge on any atom is -0.728 e. The molecule has 0 aliphatic heterocycles. The molecule has 0 aliphatic carbocycles. The molecule has 0 unspecified atom stereocenters. The Bertz CT molecular complexity index is 603. The number of rotatable bonds is 9. The first-order valence-corrected chi connectivity index (χ1v) is 8.56. The normalized spacial score (nSPS) is 11.2. The van der Waals surface area contributed by atoms with Gasteiger partial charge in [0.15, 0.2) is 0 Å². The molecule has 0 aromatic heterocycles. The number of anilines is 1. The van der Waals surface area contributed by atoms with Crippen molar-refractivity contribution in [3.05, 3.63) is 24.3 Å². The largest absolute Gasteiger partial charge is 1.00 e. The quantitative estimate of drug-likeness (QED) is 0.303. The zero-order valence-corrected chi connectivity index (χ0v) is 16.3. The first-order chi connectivity index (χ1) is 10.4. The molecule has 122 valence electrons. The van der Waals surface area contributed by atoms with E-state index in [9.17, 15) is 17.8 Å². The second-order valence-corrected chi connectivity index (χ2v) is 5.89. The van der Waals surface area contributed by atoms with E-state index >= 15 is 0 Å². The van der Waals surface area contributed by atoms with Gasteiger partial charge in [0.2, 0.25) is 16.2 Å². The van der Waals surface area contributed by atoms with Crippen molar-refractivity contribution >= 4 is 27.6 Å². The molecule has 0 aliphatic rings. The van der Waals surface area contributed by atoms with Crippen LogP contribution in [0.4, 0.5) is 11.4 Å². The van der Waals surface area contributed by atoms with Crippen LogP contribution in [0.25, 0.3) is 0 Å². The summed E-state index contributed by atoms with van der Waals surface area (Å²) in [5.74, 6) is -0.0620. The SMILES string of the molecule is CCCCCCCC(=O)Nc1ccc(N=NS(=O)(=O)[O-])cc1.[Na+]. The topological polar surface area (TPSA) is 111 Å². The molecule has 0 radical (unpaired) electrons. The van der Waals surface area contributed by atoms with Gasteiger partial charge in [0, 0.05) is 12.1 Å². The van der Waals surface area contributed by atoms with Gasteiger partial charge in [-0.25, -0.2) is 8.42 Å². The zero-order valence-electron chi connectivity index (χ0n) is 13.5. The van der Waals surface area contributed by atoms with Crippen molar-refractivity contribution in [2.75, 3.05) is 5.32 Å². The summed E-state index contributed by atoms with van der Waals surface area (Å²) >= 11 is 0. The average Bonchev–Trinajstić information content (AvgIpc) is 2.45. The minimum absolute atomic E-state index is 0. The van der Waals surface area contributed by atoms with Crippen LogP contribution in [0, 0.1) is 0 Å². The van der Waals surface area contributed by atoms with Crippen LogP contribution in [-0.4, -0.2) is 18.9 Å². The molecule has 0 heterocycles. The Morgan fingerprint density at radius 1 is 1.13 bits per heavy atom. The molecule has 0 saturated carbocycles. The Kier molecular flexibility index (Phi) is 11.3. The molecule has 7 nitrogen and oxygen atoms in total. The number of nitrogens with one attached hydrogen (secondary N) is 1. The van der Waals surface area contributed by atoms with Crippen molar-refractivity contribution in [3.8, 4) is 0 Å². The predicted octanol–water partition coefficient (Wildman–Crippen LogP) is 0.533. The van der Waals surface area contributed by atoms with E-state index in [2.05, 4.69) is 21.9 Å². The molecule has 1 rings (SSSR count). The standard InChI is InChI=1S/C14H21N3O4S.Na/c1-2-3-4-5-6-7-14(18)15-12-8-10-13(11-9-12)16-17-22(19,20)21;/h8-11H,2-7H2,1H3,(H,15,18)(H,19,20,21);/q;+1/p-1. The molecule has 0 fully saturated rings. The van der Waals surface area contributed by atoms with Crippen molar-refractivity contribution in [1.29, 1.82) is 0 Å². The van der Waals surface area contributed by atoms with Gasteiger partial charge in [-0.3, -0.25) is 4.79 Å². The van der Waals surface area contributed by atoms with Crippen molar-refractivity contribution in [2.45, 2.75) is 45.4 Å². The van der Waals surface area contributed by atoms with Crippen LogP contribution in [0.2, 0.25) is 0 Å². The Hall–Kier alpha value is -0.800. The van der Waals surface area contributed by atoms with Crippen molar-refractivity contribution in [3.63, 3.8) is 0 Å². The maximum atomic E-state index is 11.7. The van der Waals surface area contributed by atoms with E-state index in [0.29, 0.717) is 12.1 Å². The third kappa shape index (κ3) is 11.4. The molecule has 1 amide bonds. The molecule has 1 N–H and O–H groups in total. The minimum atomic E-state index is -4.73. The number of hydrogen-bond donors (Lipinski definition) is 1. The van der Waals surface area contributed by atoms with Crippen LogP contribution in [-0.2, 0) is 15.1 Å². The maximum Gasteiger partial charge on any atom is 1.00 e. The third-order valence-corrected chi connectivity index (χ3v) is 3.20. The number of unbranched alkanes of at least 4 members (excludes halogenated alkanes) is 4. The molecule has 1 aromatic rings. The van der Waals surface area contributed by atoms with Gasteiger partial charge in [0.25, 0.3) is 0 Å². The van der Waals surface area contributed by atoms with Crippen LogP contribution in [0.3, 0.4) is 0 Å². The second-order valence-electron chi connectivity index (χ2n) is 4.87. The Labute approximate surface area is 159 Å². The molecule has 23 heavy (non-hydrogen) atoms. The van der Waals surface area contributed by atoms with Gasteiger partial charge < -0.3 is 9.87 Å². The average molecular weight is 349 g/mol. The van der Waals surface area contributed by atoms with Gasteiger partial charge in [0.05, 0.1) is 5.69 Å². The van der Waals surface area contributed by atoms with Gasteiger partial charge in [-0.2, -0.15) is 0 Å². The molecular formula is C14H20N3NaO4S. The molecular weight excluding hydrogens is 329 g/mol. The van der Waals surface area contributed by atoms with Crippen LogP contribution in [0.15, 0.2) is 33.9 Å². The van der Waals surface area contributed by atoms with Gasteiger partial charge in [-0.05, 0) is 30.7 Å². The first-order valence-electron chi connectivity index (χ1n) is 7.19. The van der Waals surface area contributed by atoms with E-state index < -0.39 is 10.3 Å². The summed E-state index contributed by atoms with van der Waals surface area (Å²) in [5.41, 5.74) is 0.805. The Morgan fingerprint density at radius 3 is 2.30 bits per heavy atom. The summed E-state index contributed by atoms with van der Waals surface area (Å²) in [6.45, 7) is 2.14. The fourth-order valence-electron chi connectivity index (χ4n) is 1.82. The van der Waals surface area contributed by atoms with Crippen LogP contribution < -0.4 is 34.9 Å². The molecule has 0 atom stereocenters. The number of carbonyl (C=O) groups is 1. The summed E-state index contributed by atoms with van der Waals surface area (Å²) in [6, 6.07) is 6.07. The molecule has 0 spiro atoms. The summed E-state index contributed by atoms with van der Waals surface area (Å²) < 4.78 is 33.6. The molecule has 1 aromatic carbocycles. The maximum absolute atomic E-state index is 11.7. The van der Waals surface area contributed by atoms with Crippen molar-refractivity contribution < 1.29 is 47.3 Å². The third-order valence-electron chi connectivity index (χ3n) is 2.91. The Morgan fingerprint density at radius 2 is 1.74 bits per heavy atom. The van der Waals surface area contributed by atoms with Gasteiger partial charge >= 0.3 is 29.6 Å². The van der Waals surface area contributed by atoms with E-state index in [4.69, 9.17) is 0 Å². The second kappa shape index (κ2) is 11.7. The van der Waals surface area contributed by atoms with Crippen LogP contribution in [0.1, 0.15) is 45.4 Å². The summed E-state index contributed by atoms with van der Waals surface area (Å²) in [5, 5.41) is 6.03. The zero-order chi connectivity index (χ0) is 16.4. The number of hydrogen-bond acceptors (Lipinski definition) is 5. The van der Waals surface area contributed by atoms with E-state index in [1.54, 1.807) is 12.1 Å². The smallest absolute Gasteiger partial charge is 0.728 e. The van der Waals surface area contributed by atoms with Gasteiger partial charge in [-0.15, -0.1) is 5.11 Å². The summed E-state index contributed by atoms with van der Waals surface area (Å²) in [7, 11) is -4.73. The van der Waals surface area contributed by atoms with E-state index in [1.807, 2.05) is 0 Å². The first kappa shape index (κ1) is 22.2. The van der Waals surface area contributed by atoms with Crippen molar-refractivity contribution in [1.82, 2.24) is 0 Å². The molecule has 9 heteroatoms. The molecule has 0 saturated heterocycles. The Balaban J connectivity index is 0.00000484. The number of carbonyl (C=O) groups excluding carboxylic acids is 1. The summed E-state index contributed by atoms with van der Waals surface area (Å²) in [6.07, 6.45) is 5.88. The number of benzene rings is 1. The van der Waals surface area contributed by atoms with E-state index in [-0.39, 0.29) is 41.2 Å². The van der Waals surface area contributed by atoms with Crippen LogP contribution >= 0.6 is 0 Å². The summed E-state index contributed by atoms with van der Waals surface area (Å²) in [4.78, 5) is 11.7. The van der Waals surface area contributed by atoms with Gasteiger partial charge in [-0.1, -0.05) is 37.1 Å². The fraction of sp³-hybridized carbons (Fsp3) is 0.500. The van der Waals surface area contributed by atoms with Crippen LogP contribution in [0.5, 0.6) is 0 Å². The number of nitrogens with zero attached hydrogens (tertiary/aromatic N) is 2. The monoisotopic (exact) mass is 349 g/mol. The van der Waals surface area contributed by atoms with E-state index in [0.717, 1.165) is 19.3 Å². The van der Waals surface area contributed by atoms with Crippen molar-refractivity contribution in [2.24, 2.45) is 9.63 Å². The number of amides is 1. The molecule has 0 bridgehead atoms. The van der Waals surface area contributed by atoms with E-state index in [1.165, 1.54) is 25.0 Å². The fourth-order valence-corrected chi connectivity index (χ4v) is 2.02.